The number of nitrogens with one attached hydrogen (secondary N) is 2. The Kier molecular flexibility index (Phi) is 14.7. The van der Waals surface area contributed by atoms with Crippen LogP contribution in [0.15, 0.2) is 95.2 Å². The molecule has 4 aliphatic rings. The molecular formula is C46H66N2O6. The van der Waals surface area contributed by atoms with E-state index in [1.165, 1.54) is 11.1 Å². The average molecular weight is 743 g/mol. The molecule has 5 rings (SSSR count). The lowest BCUT2D eigenvalue weighted by Crippen LogP contribution is -2.65. The van der Waals surface area contributed by atoms with Crippen molar-refractivity contribution in [1.82, 2.24) is 10.6 Å². The quantitative estimate of drug-likeness (QED) is 0.0636. The van der Waals surface area contributed by atoms with E-state index in [9.17, 15) is 25.2 Å². The van der Waals surface area contributed by atoms with Gasteiger partial charge in [0.25, 0.3) is 0 Å². The molecule has 4 bridgehead atoms. The molecule has 8 heteroatoms. The van der Waals surface area contributed by atoms with Gasteiger partial charge in [-0.25, -0.2) is 0 Å². The van der Waals surface area contributed by atoms with Gasteiger partial charge in [-0.15, -0.1) is 0 Å². The Morgan fingerprint density at radius 1 is 1.19 bits per heavy atom. The van der Waals surface area contributed by atoms with Crippen LogP contribution in [0.5, 0.6) is 0 Å². The second-order valence-corrected chi connectivity index (χ2v) is 16.5. The van der Waals surface area contributed by atoms with Gasteiger partial charge in [0, 0.05) is 36.5 Å². The second-order valence-electron chi connectivity index (χ2n) is 16.5. The number of hydrogen-bond donors (Lipinski definition) is 6. The number of aliphatic hydroxyl groups excluding tert-OH is 3. The molecule has 0 saturated heterocycles. The van der Waals surface area contributed by atoms with E-state index < -0.39 is 23.3 Å². The molecule has 0 aromatic heterocycles. The number of hydrogen-bond acceptors (Lipinski definition) is 8. The zero-order chi connectivity index (χ0) is 39.0. The number of benzene rings is 1. The molecule has 1 heterocycles. The van der Waals surface area contributed by atoms with Crippen molar-refractivity contribution in [3.05, 3.63) is 106 Å². The Hall–Kier alpha value is -2.95. The minimum atomic E-state index is -1.19. The van der Waals surface area contributed by atoms with Crippen LogP contribution in [-0.2, 0) is 22.4 Å². The Morgan fingerprint density at radius 3 is 2.65 bits per heavy atom. The average Bonchev–Trinajstić information content (AvgIpc) is 3.50. The summed E-state index contributed by atoms with van der Waals surface area (Å²) in [4.78, 5) is 12.4. The van der Waals surface area contributed by atoms with Crippen molar-refractivity contribution in [2.45, 2.75) is 103 Å². The molecule has 2 fully saturated rings. The SMILES string of the molecule is C=C(C=CC=C(COCC)C1CCC2(C1O)C1C(=C(C)C=O)C(C=CC1CCO)CC2(O)CCNC)C1CC=C(C)C(O)NC(C)Cc2cccc(c2)C1. The summed E-state index contributed by atoms with van der Waals surface area (Å²) in [7, 11) is 1.88. The molecule has 3 aliphatic carbocycles. The number of carbonyl (C=O) groups is 1. The molecule has 0 radical (unpaired) electrons. The summed E-state index contributed by atoms with van der Waals surface area (Å²) in [6, 6.07) is 8.83. The molecule has 1 aromatic rings. The normalized spacial score (nSPS) is 35.4. The van der Waals surface area contributed by atoms with Crippen molar-refractivity contribution in [3.8, 4) is 0 Å². The van der Waals surface area contributed by atoms with Crippen LogP contribution < -0.4 is 10.6 Å². The van der Waals surface area contributed by atoms with Crippen LogP contribution in [0.3, 0.4) is 0 Å². The van der Waals surface area contributed by atoms with Gasteiger partial charge in [-0.1, -0.05) is 78.4 Å². The van der Waals surface area contributed by atoms with Crippen LogP contribution >= 0.6 is 0 Å². The first-order chi connectivity index (χ1) is 25.9. The largest absolute Gasteiger partial charge is 0.396 e. The lowest BCUT2D eigenvalue weighted by atomic mass is 9.45. The smallest absolute Gasteiger partial charge is 0.145 e. The standard InChI is InChI=1S/C46H66N2O6/c1-7-54-29-39(13-8-10-30(2)37-15-14-31(3)44(52)48-33(5)24-34-11-9-12-35(25-34)26-37)40-18-20-46(43(40)51)42-36(19-23-49)16-17-38(41(42)32(4)28-50)27-45(46,53)21-22-47-6/h8-14,16-17,25,28,33,36-38,40,42-44,47-49,51-53H,2,7,15,18-24,26-27,29H2,1,3-6H3. The molecule has 296 valence electrons. The summed E-state index contributed by atoms with van der Waals surface area (Å²) in [5.41, 5.74) is 4.91. The third-order valence-electron chi connectivity index (χ3n) is 13.1. The monoisotopic (exact) mass is 742 g/mol. The van der Waals surface area contributed by atoms with Gasteiger partial charge in [0.1, 0.15) is 12.5 Å². The number of aliphatic hydroxyl groups is 4. The molecule has 54 heavy (non-hydrogen) atoms. The summed E-state index contributed by atoms with van der Waals surface area (Å²) in [6.45, 7) is 13.9. The highest BCUT2D eigenvalue weighted by Gasteiger charge is 2.68. The first-order valence-electron chi connectivity index (χ1n) is 20.2. The van der Waals surface area contributed by atoms with E-state index in [4.69, 9.17) is 4.74 Å². The van der Waals surface area contributed by atoms with Crippen molar-refractivity contribution in [3.63, 3.8) is 0 Å². The highest BCUT2D eigenvalue weighted by atomic mass is 16.5. The van der Waals surface area contributed by atoms with E-state index in [0.29, 0.717) is 57.4 Å². The molecular weight excluding hydrogens is 677 g/mol. The van der Waals surface area contributed by atoms with Gasteiger partial charge in [-0.3, -0.25) is 10.1 Å². The van der Waals surface area contributed by atoms with Gasteiger partial charge >= 0.3 is 0 Å². The van der Waals surface area contributed by atoms with Crippen LogP contribution in [0.1, 0.15) is 77.3 Å². The number of ether oxygens (including phenoxy) is 1. The van der Waals surface area contributed by atoms with Gasteiger partial charge in [-0.05, 0) is 138 Å². The molecule has 1 aliphatic heterocycles. The molecule has 10 atom stereocenters. The zero-order valence-electron chi connectivity index (χ0n) is 33.3. The second kappa shape index (κ2) is 18.8. The molecule has 8 nitrogen and oxygen atoms in total. The summed E-state index contributed by atoms with van der Waals surface area (Å²) in [6.07, 6.45) is 16.9. The highest BCUT2D eigenvalue weighted by Crippen LogP contribution is 2.67. The Bertz CT molecular complexity index is 1630. The van der Waals surface area contributed by atoms with Crippen LogP contribution in [0.2, 0.25) is 0 Å². The summed E-state index contributed by atoms with van der Waals surface area (Å²) in [5, 5.41) is 53.2. The van der Waals surface area contributed by atoms with E-state index in [1.54, 1.807) is 0 Å². The van der Waals surface area contributed by atoms with Gasteiger partial charge in [0.15, 0.2) is 0 Å². The van der Waals surface area contributed by atoms with Gasteiger partial charge < -0.3 is 30.5 Å². The Labute approximate surface area is 323 Å². The molecule has 6 N–H and O–H groups in total. The summed E-state index contributed by atoms with van der Waals surface area (Å²) >= 11 is 0. The molecule has 1 spiro atoms. The zero-order valence-corrected chi connectivity index (χ0v) is 33.3. The van der Waals surface area contributed by atoms with Crippen molar-refractivity contribution in [2.75, 3.05) is 33.4 Å². The fraction of sp³-hybridized carbons (Fsp3) is 0.587. The van der Waals surface area contributed by atoms with Crippen LogP contribution in [0, 0.1) is 35.0 Å². The number of aldehydes is 1. The molecule has 1 aromatic carbocycles. The van der Waals surface area contributed by atoms with E-state index in [0.717, 1.165) is 47.8 Å². The van der Waals surface area contributed by atoms with Crippen molar-refractivity contribution in [2.24, 2.45) is 35.0 Å². The first-order valence-corrected chi connectivity index (χ1v) is 20.2. The van der Waals surface area contributed by atoms with Crippen LogP contribution in [-0.4, -0.2) is 84.1 Å². The van der Waals surface area contributed by atoms with Crippen molar-refractivity contribution in [1.29, 1.82) is 0 Å². The highest BCUT2D eigenvalue weighted by molar-refractivity contribution is 5.74. The fourth-order valence-electron chi connectivity index (χ4n) is 10.3. The third-order valence-corrected chi connectivity index (χ3v) is 13.1. The molecule has 0 amide bonds. The van der Waals surface area contributed by atoms with E-state index in [2.05, 4.69) is 78.8 Å². The number of allylic oxidation sites excluding steroid dienone is 9. The van der Waals surface area contributed by atoms with Gasteiger partial charge in [0.2, 0.25) is 0 Å². The minimum Gasteiger partial charge on any atom is -0.396 e. The maximum absolute atomic E-state index is 12.9. The van der Waals surface area contributed by atoms with E-state index in [1.807, 2.05) is 33.9 Å². The van der Waals surface area contributed by atoms with Gasteiger partial charge in [-0.2, -0.15) is 0 Å². The maximum Gasteiger partial charge on any atom is 0.145 e. The van der Waals surface area contributed by atoms with Crippen LogP contribution in [0.4, 0.5) is 0 Å². The Morgan fingerprint density at radius 2 is 1.94 bits per heavy atom. The third kappa shape index (κ3) is 8.86. The van der Waals surface area contributed by atoms with Crippen LogP contribution in [0.25, 0.3) is 0 Å². The number of fused-ring (bicyclic) bond motifs is 5. The number of carbonyl (C=O) groups excluding carboxylic acids is 1. The fourth-order valence-corrected chi connectivity index (χ4v) is 10.3. The molecule has 2 saturated carbocycles. The summed E-state index contributed by atoms with van der Waals surface area (Å²) in [5.74, 6) is -0.640. The Balaban J connectivity index is 1.49. The lowest BCUT2D eigenvalue weighted by Gasteiger charge is -2.61. The predicted octanol–water partition coefficient (Wildman–Crippen LogP) is 5.93. The number of rotatable bonds is 13. The van der Waals surface area contributed by atoms with Crippen molar-refractivity contribution < 1.29 is 30.0 Å². The minimum absolute atomic E-state index is 0.0171. The first kappa shape index (κ1) is 42.2. The van der Waals surface area contributed by atoms with E-state index in [-0.39, 0.29) is 42.2 Å². The lowest BCUT2D eigenvalue weighted by molar-refractivity contribution is -0.194. The topological polar surface area (TPSA) is 131 Å². The van der Waals surface area contributed by atoms with E-state index >= 15 is 0 Å². The molecule has 10 unspecified atom stereocenters. The van der Waals surface area contributed by atoms with Crippen molar-refractivity contribution >= 4 is 6.29 Å². The predicted molar refractivity (Wildman–Crippen MR) is 217 cm³/mol. The maximum atomic E-state index is 12.9. The summed E-state index contributed by atoms with van der Waals surface area (Å²) < 4.78 is 6.03. The van der Waals surface area contributed by atoms with Gasteiger partial charge in [0.05, 0.1) is 18.3 Å².